The largest absolute Gasteiger partial charge is 0.392 e. The monoisotopic (exact) mass is 332 g/mol. The van der Waals surface area contributed by atoms with Crippen LogP contribution in [0, 0.1) is 34.0 Å². The lowest BCUT2D eigenvalue weighted by atomic mass is 9.39. The van der Waals surface area contributed by atoms with Gasteiger partial charge in [-0.05, 0) is 48.5 Å². The molecule has 4 fully saturated rings. The van der Waals surface area contributed by atoms with Gasteiger partial charge >= 0.3 is 0 Å². The van der Waals surface area contributed by atoms with E-state index in [9.17, 15) is 19.8 Å². The summed E-state index contributed by atoms with van der Waals surface area (Å²) in [5.41, 5.74) is -1.29. The first-order valence-electron chi connectivity index (χ1n) is 9.22. The minimum atomic E-state index is -1.10. The molecular weight excluding hydrogens is 304 g/mol. The van der Waals surface area contributed by atoms with Crippen LogP contribution in [0.3, 0.4) is 0 Å². The lowest BCUT2D eigenvalue weighted by molar-refractivity contribution is -0.222. The lowest BCUT2D eigenvalue weighted by Gasteiger charge is -2.64. The van der Waals surface area contributed by atoms with Crippen molar-refractivity contribution in [1.82, 2.24) is 0 Å². The summed E-state index contributed by atoms with van der Waals surface area (Å²) in [5.74, 6) is -0.109. The molecule has 0 aliphatic heterocycles. The molecule has 0 aromatic rings. The van der Waals surface area contributed by atoms with Crippen LogP contribution >= 0.6 is 0 Å². The minimum Gasteiger partial charge on any atom is -0.392 e. The Hall–Kier alpha value is -1.00. The number of carbonyl (C=O) groups excluding carboxylic acids is 2. The maximum Gasteiger partial charge on any atom is 0.170 e. The second-order valence-electron chi connectivity index (χ2n) is 9.42. The summed E-state index contributed by atoms with van der Waals surface area (Å²) in [6.07, 6.45) is 1.53. The molecule has 2 bridgehead atoms. The third-order valence-corrected chi connectivity index (χ3v) is 8.43. The first kappa shape index (κ1) is 16.5. The van der Waals surface area contributed by atoms with Crippen LogP contribution in [0.4, 0.5) is 0 Å². The topological polar surface area (TPSA) is 74.6 Å². The Morgan fingerprint density at radius 3 is 2.42 bits per heavy atom. The van der Waals surface area contributed by atoms with Gasteiger partial charge in [0.05, 0.1) is 17.6 Å². The lowest BCUT2D eigenvalue weighted by Crippen LogP contribution is -2.67. The fourth-order valence-corrected chi connectivity index (χ4v) is 7.14. The minimum absolute atomic E-state index is 0.0438. The van der Waals surface area contributed by atoms with Crippen molar-refractivity contribution >= 4 is 11.6 Å². The molecule has 4 aliphatic carbocycles. The second kappa shape index (κ2) is 4.59. The van der Waals surface area contributed by atoms with Gasteiger partial charge < -0.3 is 10.2 Å². The van der Waals surface area contributed by atoms with Gasteiger partial charge in [0.1, 0.15) is 5.78 Å². The maximum absolute atomic E-state index is 13.1. The summed E-state index contributed by atoms with van der Waals surface area (Å²) < 4.78 is 0. The van der Waals surface area contributed by atoms with Gasteiger partial charge in [0.15, 0.2) is 5.78 Å². The number of rotatable bonds is 0. The number of aliphatic hydroxyl groups excluding tert-OH is 2. The van der Waals surface area contributed by atoms with E-state index in [2.05, 4.69) is 13.5 Å². The molecule has 0 radical (unpaired) electrons. The molecule has 1 spiro atoms. The van der Waals surface area contributed by atoms with Gasteiger partial charge in [0.2, 0.25) is 0 Å². The van der Waals surface area contributed by atoms with Gasteiger partial charge in [-0.15, -0.1) is 0 Å². The van der Waals surface area contributed by atoms with Crippen molar-refractivity contribution in [3.63, 3.8) is 0 Å². The Balaban J connectivity index is 1.88. The second-order valence-corrected chi connectivity index (χ2v) is 9.42. The zero-order valence-corrected chi connectivity index (χ0v) is 14.8. The van der Waals surface area contributed by atoms with E-state index in [1.165, 1.54) is 0 Å². The van der Waals surface area contributed by atoms with E-state index < -0.39 is 23.0 Å². The number of carbonyl (C=O) groups is 2. The highest BCUT2D eigenvalue weighted by molar-refractivity contribution is 6.04. The van der Waals surface area contributed by atoms with Crippen molar-refractivity contribution in [3.8, 4) is 0 Å². The predicted molar refractivity (Wildman–Crippen MR) is 89.0 cm³/mol. The van der Waals surface area contributed by atoms with Crippen LogP contribution in [0.15, 0.2) is 12.2 Å². The van der Waals surface area contributed by atoms with Crippen LogP contribution in [-0.2, 0) is 9.59 Å². The maximum atomic E-state index is 13.1. The molecule has 0 heterocycles. The van der Waals surface area contributed by atoms with Crippen molar-refractivity contribution in [2.45, 2.75) is 65.1 Å². The Labute approximate surface area is 143 Å². The number of Topliss-reactive ketones (excluding diaryl/α,β-unsaturated/α-hetero) is 2. The quantitative estimate of drug-likeness (QED) is 0.667. The van der Waals surface area contributed by atoms with Gasteiger partial charge in [-0.3, -0.25) is 9.59 Å². The summed E-state index contributed by atoms with van der Waals surface area (Å²) in [7, 11) is 0. The highest BCUT2D eigenvalue weighted by Crippen LogP contribution is 2.70. The van der Waals surface area contributed by atoms with Crippen LogP contribution in [0.25, 0.3) is 0 Å². The normalized spacial score (nSPS) is 52.9. The zero-order valence-electron chi connectivity index (χ0n) is 14.8. The van der Waals surface area contributed by atoms with E-state index in [-0.39, 0.29) is 34.7 Å². The third-order valence-electron chi connectivity index (χ3n) is 8.43. The number of hydrogen-bond acceptors (Lipinski definition) is 4. The van der Waals surface area contributed by atoms with Crippen LogP contribution in [0.1, 0.15) is 52.9 Å². The van der Waals surface area contributed by atoms with Crippen LogP contribution in [0.5, 0.6) is 0 Å². The van der Waals surface area contributed by atoms with Crippen LogP contribution in [-0.4, -0.2) is 34.0 Å². The summed E-state index contributed by atoms with van der Waals surface area (Å²) in [6, 6.07) is 0. The third kappa shape index (κ3) is 1.53. The Bertz CT molecular complexity index is 650. The Morgan fingerprint density at radius 2 is 1.75 bits per heavy atom. The molecule has 4 heteroatoms. The van der Waals surface area contributed by atoms with E-state index in [4.69, 9.17) is 0 Å². The van der Waals surface area contributed by atoms with Crippen molar-refractivity contribution in [2.75, 3.05) is 0 Å². The van der Waals surface area contributed by atoms with E-state index in [1.807, 2.05) is 13.8 Å². The Kier molecular flexibility index (Phi) is 3.15. The molecule has 4 nitrogen and oxygen atoms in total. The molecule has 0 aromatic heterocycles. The number of ketones is 2. The van der Waals surface area contributed by atoms with Crippen LogP contribution < -0.4 is 0 Å². The first-order valence-corrected chi connectivity index (χ1v) is 9.22. The molecule has 4 saturated carbocycles. The van der Waals surface area contributed by atoms with Crippen molar-refractivity contribution in [3.05, 3.63) is 12.2 Å². The molecule has 0 saturated heterocycles. The molecule has 0 amide bonds. The fraction of sp³-hybridized carbons (Fsp3) is 0.800. The molecule has 0 aromatic carbocycles. The standard InChI is InChI=1S/C20H28O4/c1-10-11-5-6-12-19(4)8-7-14(21)18(2,3)13(19)9-15(22)20(12,16(10)23)17(11)24/h11-13,15,17,22,24H,1,5-9H2,2-4H3/t11-,12+,13-,15-,17-,19+,20-/m1/s1. The number of aliphatic hydroxyl groups is 2. The fourth-order valence-electron chi connectivity index (χ4n) is 7.14. The SMILES string of the molecule is C=C1C(=O)[C@]23[C@H](O)C[C@@H]4C(C)(C)C(=O)CC[C@@]4(C)[C@@H]2CC[C@H]1[C@H]3O. The van der Waals surface area contributed by atoms with Crippen molar-refractivity contribution in [1.29, 1.82) is 0 Å². The number of hydrogen-bond donors (Lipinski definition) is 2. The van der Waals surface area contributed by atoms with Gasteiger partial charge in [0.25, 0.3) is 0 Å². The predicted octanol–water partition coefficient (Wildman–Crippen LogP) is 2.28. The highest BCUT2D eigenvalue weighted by Gasteiger charge is 2.74. The molecule has 132 valence electrons. The molecule has 0 unspecified atom stereocenters. The van der Waals surface area contributed by atoms with Gasteiger partial charge in [-0.2, -0.15) is 0 Å². The highest BCUT2D eigenvalue weighted by atomic mass is 16.3. The summed E-state index contributed by atoms with van der Waals surface area (Å²) in [4.78, 5) is 25.6. The van der Waals surface area contributed by atoms with E-state index >= 15 is 0 Å². The van der Waals surface area contributed by atoms with Crippen molar-refractivity contribution in [2.24, 2.45) is 34.0 Å². The van der Waals surface area contributed by atoms with Gasteiger partial charge in [-0.25, -0.2) is 0 Å². The molecular formula is C20H28O4. The summed E-state index contributed by atoms with van der Waals surface area (Å²) in [5, 5.41) is 22.1. The van der Waals surface area contributed by atoms with Crippen LogP contribution in [0.2, 0.25) is 0 Å². The molecule has 24 heavy (non-hydrogen) atoms. The summed E-state index contributed by atoms with van der Waals surface area (Å²) >= 11 is 0. The Morgan fingerprint density at radius 1 is 1.08 bits per heavy atom. The molecule has 4 aliphatic rings. The van der Waals surface area contributed by atoms with Gasteiger partial charge in [0, 0.05) is 17.8 Å². The smallest absolute Gasteiger partial charge is 0.170 e. The number of fused-ring (bicyclic) bond motifs is 3. The van der Waals surface area contributed by atoms with E-state index in [0.29, 0.717) is 18.4 Å². The van der Waals surface area contributed by atoms with Gasteiger partial charge in [-0.1, -0.05) is 27.4 Å². The average molecular weight is 332 g/mol. The molecule has 7 atom stereocenters. The summed E-state index contributed by atoms with van der Waals surface area (Å²) in [6.45, 7) is 10.1. The zero-order chi connectivity index (χ0) is 17.7. The average Bonchev–Trinajstić information content (AvgIpc) is 2.64. The molecule has 2 N–H and O–H groups in total. The van der Waals surface area contributed by atoms with E-state index in [1.54, 1.807) is 0 Å². The molecule has 4 rings (SSSR count). The van der Waals surface area contributed by atoms with Crippen molar-refractivity contribution < 1.29 is 19.8 Å². The van der Waals surface area contributed by atoms with E-state index in [0.717, 1.165) is 19.3 Å². The first-order chi connectivity index (χ1) is 11.1.